The van der Waals surface area contributed by atoms with Crippen LogP contribution in [0.4, 0.5) is 0 Å². The first kappa shape index (κ1) is 21.3. The van der Waals surface area contributed by atoms with Gasteiger partial charge in [0.1, 0.15) is 17.6 Å². The molecule has 0 amide bonds. The van der Waals surface area contributed by atoms with E-state index in [1.807, 2.05) is 32.1 Å². The summed E-state index contributed by atoms with van der Waals surface area (Å²) < 4.78 is 10.1. The summed E-state index contributed by atoms with van der Waals surface area (Å²) in [5.41, 5.74) is 0. The van der Waals surface area contributed by atoms with Gasteiger partial charge in [0.2, 0.25) is 0 Å². The second kappa shape index (κ2) is 12.8. The van der Waals surface area contributed by atoms with Gasteiger partial charge in [0.15, 0.2) is 0 Å². The minimum atomic E-state index is -0.440. The molecule has 0 saturated carbocycles. The SMILES string of the molecule is CC.CC(C)/C=C/c1ccco1.CC(C)CC(O)c1ccco1. The topological polar surface area (TPSA) is 46.5 Å². The Morgan fingerprint density at radius 1 is 1.00 bits per heavy atom. The van der Waals surface area contributed by atoms with Crippen molar-refractivity contribution in [2.75, 3.05) is 0 Å². The van der Waals surface area contributed by atoms with Gasteiger partial charge in [0.25, 0.3) is 0 Å². The molecule has 1 N–H and O–H groups in total. The van der Waals surface area contributed by atoms with Crippen LogP contribution in [-0.2, 0) is 0 Å². The number of aliphatic hydroxyl groups excluding tert-OH is 1. The molecule has 0 saturated heterocycles. The molecule has 1 atom stereocenters. The van der Waals surface area contributed by atoms with E-state index in [-0.39, 0.29) is 0 Å². The average molecular weight is 320 g/mol. The average Bonchev–Trinajstić information content (AvgIpc) is 3.21. The molecular formula is C20H32O3. The Morgan fingerprint density at radius 3 is 2.04 bits per heavy atom. The van der Waals surface area contributed by atoms with Crippen LogP contribution in [-0.4, -0.2) is 5.11 Å². The van der Waals surface area contributed by atoms with Gasteiger partial charge in [-0.25, -0.2) is 0 Å². The molecule has 2 heterocycles. The van der Waals surface area contributed by atoms with Crippen molar-refractivity contribution in [3.8, 4) is 0 Å². The Bertz CT molecular complexity index is 479. The van der Waals surface area contributed by atoms with E-state index in [2.05, 4.69) is 33.8 Å². The second-order valence-corrected chi connectivity index (χ2v) is 5.78. The zero-order chi connectivity index (χ0) is 17.7. The van der Waals surface area contributed by atoms with Crippen LogP contribution in [0.3, 0.4) is 0 Å². The Hall–Kier alpha value is -1.74. The molecule has 3 nitrogen and oxygen atoms in total. The van der Waals surface area contributed by atoms with E-state index in [9.17, 15) is 5.11 Å². The molecule has 0 aromatic carbocycles. The highest BCUT2D eigenvalue weighted by Gasteiger charge is 2.11. The first-order valence-electron chi connectivity index (χ1n) is 8.42. The molecule has 0 fully saturated rings. The summed E-state index contributed by atoms with van der Waals surface area (Å²) in [7, 11) is 0. The van der Waals surface area contributed by atoms with Gasteiger partial charge in [-0.3, -0.25) is 0 Å². The molecule has 2 aromatic rings. The molecule has 2 aromatic heterocycles. The maximum Gasteiger partial charge on any atom is 0.132 e. The lowest BCUT2D eigenvalue weighted by molar-refractivity contribution is 0.126. The van der Waals surface area contributed by atoms with Crippen LogP contribution in [0.2, 0.25) is 0 Å². The summed E-state index contributed by atoms with van der Waals surface area (Å²) >= 11 is 0. The van der Waals surface area contributed by atoms with Crippen molar-refractivity contribution in [3.63, 3.8) is 0 Å². The van der Waals surface area contributed by atoms with E-state index in [1.54, 1.807) is 24.7 Å². The minimum Gasteiger partial charge on any atom is -0.467 e. The Labute approximate surface area is 141 Å². The standard InChI is InChI=1S/C9H14O2.C9H12O.C2H6/c1-7(2)6-8(10)9-4-3-5-11-9;1-8(2)5-6-9-4-3-7-10-9;1-2/h3-5,7-8,10H,6H2,1-2H3;3-8H,1-2H3;1-2H3/b;6-5+;. The van der Waals surface area contributed by atoms with E-state index >= 15 is 0 Å². The molecule has 1 unspecified atom stereocenters. The van der Waals surface area contributed by atoms with Crippen molar-refractivity contribution in [1.29, 1.82) is 0 Å². The normalized spacial score (nSPS) is 11.9. The summed E-state index contributed by atoms with van der Waals surface area (Å²) in [5.74, 6) is 2.67. The van der Waals surface area contributed by atoms with Crippen LogP contribution in [0.1, 0.15) is 65.6 Å². The fraction of sp³-hybridized carbons (Fsp3) is 0.500. The Kier molecular flexibility index (Phi) is 11.8. The number of hydrogen-bond acceptors (Lipinski definition) is 3. The Morgan fingerprint density at radius 2 is 1.61 bits per heavy atom. The highest BCUT2D eigenvalue weighted by Crippen LogP contribution is 2.20. The maximum absolute atomic E-state index is 9.49. The lowest BCUT2D eigenvalue weighted by Gasteiger charge is -2.09. The Balaban J connectivity index is 0.000000381. The first-order chi connectivity index (χ1) is 11.0. The minimum absolute atomic E-state index is 0.440. The second-order valence-electron chi connectivity index (χ2n) is 5.78. The van der Waals surface area contributed by atoms with Crippen molar-refractivity contribution >= 4 is 6.08 Å². The predicted octanol–water partition coefficient (Wildman–Crippen LogP) is 6.33. The summed E-state index contributed by atoms with van der Waals surface area (Å²) in [5, 5.41) is 9.49. The molecule has 130 valence electrons. The lowest BCUT2D eigenvalue weighted by Crippen LogP contribution is -1.99. The van der Waals surface area contributed by atoms with Gasteiger partial charge >= 0.3 is 0 Å². The van der Waals surface area contributed by atoms with Crippen molar-refractivity contribution in [1.82, 2.24) is 0 Å². The number of furan rings is 2. The number of aliphatic hydroxyl groups is 1. The highest BCUT2D eigenvalue weighted by molar-refractivity contribution is 5.42. The van der Waals surface area contributed by atoms with Crippen LogP contribution < -0.4 is 0 Å². The zero-order valence-corrected chi connectivity index (χ0v) is 15.3. The van der Waals surface area contributed by atoms with Gasteiger partial charge in [-0.15, -0.1) is 0 Å². The molecule has 0 bridgehead atoms. The molecule has 0 aliphatic carbocycles. The highest BCUT2D eigenvalue weighted by atomic mass is 16.4. The van der Waals surface area contributed by atoms with Gasteiger partial charge < -0.3 is 13.9 Å². The van der Waals surface area contributed by atoms with E-state index in [0.29, 0.717) is 17.6 Å². The van der Waals surface area contributed by atoms with E-state index in [1.165, 1.54) is 0 Å². The monoisotopic (exact) mass is 320 g/mol. The third-order valence-corrected chi connectivity index (χ3v) is 2.75. The summed E-state index contributed by atoms with van der Waals surface area (Å²) in [6.07, 6.45) is 7.68. The maximum atomic E-state index is 9.49. The molecule has 0 radical (unpaired) electrons. The van der Waals surface area contributed by atoms with Gasteiger partial charge in [0, 0.05) is 0 Å². The van der Waals surface area contributed by atoms with Crippen molar-refractivity contribution < 1.29 is 13.9 Å². The van der Waals surface area contributed by atoms with Crippen LogP contribution in [0.25, 0.3) is 6.08 Å². The number of rotatable bonds is 5. The quantitative estimate of drug-likeness (QED) is 0.699. The molecule has 0 spiro atoms. The van der Waals surface area contributed by atoms with Crippen molar-refractivity contribution in [2.24, 2.45) is 11.8 Å². The fourth-order valence-corrected chi connectivity index (χ4v) is 1.72. The third kappa shape index (κ3) is 10.6. The van der Waals surface area contributed by atoms with Gasteiger partial charge in [-0.05, 0) is 48.6 Å². The molecule has 3 heteroatoms. The zero-order valence-electron chi connectivity index (χ0n) is 15.3. The molecule has 0 aliphatic heterocycles. The van der Waals surface area contributed by atoms with Crippen molar-refractivity contribution in [3.05, 3.63) is 54.4 Å². The van der Waals surface area contributed by atoms with Crippen LogP contribution in [0, 0.1) is 11.8 Å². The largest absolute Gasteiger partial charge is 0.467 e. The lowest BCUT2D eigenvalue weighted by atomic mass is 10.0. The van der Waals surface area contributed by atoms with Crippen LogP contribution >= 0.6 is 0 Å². The molecular weight excluding hydrogens is 288 g/mol. The van der Waals surface area contributed by atoms with E-state index in [4.69, 9.17) is 8.83 Å². The van der Waals surface area contributed by atoms with Gasteiger partial charge in [-0.2, -0.15) is 0 Å². The molecule has 0 aliphatic rings. The first-order valence-corrected chi connectivity index (χ1v) is 8.42. The van der Waals surface area contributed by atoms with Crippen LogP contribution in [0.15, 0.2) is 51.7 Å². The summed E-state index contributed by atoms with van der Waals surface area (Å²) in [4.78, 5) is 0. The van der Waals surface area contributed by atoms with Gasteiger partial charge in [-0.1, -0.05) is 47.6 Å². The van der Waals surface area contributed by atoms with Crippen LogP contribution in [0.5, 0.6) is 0 Å². The van der Waals surface area contributed by atoms with Gasteiger partial charge in [0.05, 0.1) is 12.5 Å². The predicted molar refractivity (Wildman–Crippen MR) is 97.1 cm³/mol. The number of hydrogen-bond donors (Lipinski definition) is 1. The third-order valence-electron chi connectivity index (χ3n) is 2.75. The fourth-order valence-electron chi connectivity index (χ4n) is 1.72. The van der Waals surface area contributed by atoms with E-state index < -0.39 is 6.10 Å². The molecule has 23 heavy (non-hydrogen) atoms. The van der Waals surface area contributed by atoms with E-state index in [0.717, 1.165) is 12.2 Å². The summed E-state index contributed by atoms with van der Waals surface area (Å²) in [6.45, 7) is 12.4. The number of allylic oxidation sites excluding steroid dienone is 1. The van der Waals surface area contributed by atoms with Crippen molar-refractivity contribution in [2.45, 2.75) is 54.1 Å². The smallest absolute Gasteiger partial charge is 0.132 e. The summed E-state index contributed by atoms with van der Waals surface area (Å²) in [6, 6.07) is 7.42. The molecule has 2 rings (SSSR count).